The summed E-state index contributed by atoms with van der Waals surface area (Å²) in [5.41, 5.74) is 3.17. The summed E-state index contributed by atoms with van der Waals surface area (Å²) < 4.78 is 3.34. The molecule has 3 nitrogen and oxygen atoms in total. The van der Waals surface area contributed by atoms with Gasteiger partial charge < -0.3 is 4.57 Å². The molecule has 2 aromatic heterocycles. The molecule has 0 fully saturated rings. The third-order valence-corrected chi connectivity index (χ3v) is 3.73. The van der Waals surface area contributed by atoms with Gasteiger partial charge in [-0.15, -0.1) is 0 Å². The van der Waals surface area contributed by atoms with Crippen LogP contribution >= 0.6 is 22.6 Å². The summed E-state index contributed by atoms with van der Waals surface area (Å²) in [6, 6.07) is 12.2. The number of halogens is 1. The van der Waals surface area contributed by atoms with Crippen LogP contribution in [0.1, 0.15) is 5.56 Å². The standard InChI is InChI=1S/C13H10IN3/c14-11-5-2-1-4-10(11)8-17-9-16-12-6-3-7-15-13(12)17/h1-7,9H,8H2. The minimum absolute atomic E-state index is 0.812. The summed E-state index contributed by atoms with van der Waals surface area (Å²) in [6.45, 7) is 0.812. The molecule has 0 aliphatic rings. The minimum atomic E-state index is 0.812. The molecule has 0 saturated carbocycles. The molecular formula is C13H10IN3. The van der Waals surface area contributed by atoms with Crippen molar-refractivity contribution in [2.24, 2.45) is 0 Å². The molecule has 0 bridgehead atoms. The molecule has 0 saturated heterocycles. The fourth-order valence-electron chi connectivity index (χ4n) is 1.82. The van der Waals surface area contributed by atoms with Gasteiger partial charge in [0.1, 0.15) is 5.52 Å². The summed E-state index contributed by atoms with van der Waals surface area (Å²) in [4.78, 5) is 8.71. The number of nitrogens with zero attached hydrogens (tertiary/aromatic N) is 3. The van der Waals surface area contributed by atoms with Gasteiger partial charge in [0, 0.05) is 9.77 Å². The summed E-state index contributed by atoms with van der Waals surface area (Å²) in [5, 5.41) is 0. The summed E-state index contributed by atoms with van der Waals surface area (Å²) in [7, 11) is 0. The maximum atomic E-state index is 4.37. The number of benzene rings is 1. The van der Waals surface area contributed by atoms with Crippen LogP contribution in [0.15, 0.2) is 48.9 Å². The molecule has 0 aliphatic carbocycles. The monoisotopic (exact) mass is 335 g/mol. The molecule has 0 unspecified atom stereocenters. The maximum Gasteiger partial charge on any atom is 0.160 e. The third kappa shape index (κ3) is 2.04. The highest BCUT2D eigenvalue weighted by Crippen LogP contribution is 2.15. The van der Waals surface area contributed by atoms with E-state index in [1.54, 1.807) is 6.20 Å². The van der Waals surface area contributed by atoms with Gasteiger partial charge in [-0.2, -0.15) is 0 Å². The van der Waals surface area contributed by atoms with E-state index in [1.165, 1.54) is 9.13 Å². The first kappa shape index (κ1) is 10.7. The third-order valence-electron chi connectivity index (χ3n) is 2.67. The second-order valence-electron chi connectivity index (χ2n) is 3.81. The van der Waals surface area contributed by atoms with Crippen LogP contribution in [0, 0.1) is 3.57 Å². The topological polar surface area (TPSA) is 30.7 Å². The first-order chi connectivity index (χ1) is 8.34. The molecule has 0 atom stereocenters. The van der Waals surface area contributed by atoms with E-state index in [-0.39, 0.29) is 0 Å². The molecular weight excluding hydrogens is 325 g/mol. The highest BCUT2D eigenvalue weighted by Gasteiger charge is 2.05. The number of rotatable bonds is 2. The van der Waals surface area contributed by atoms with Gasteiger partial charge in [0.25, 0.3) is 0 Å². The van der Waals surface area contributed by atoms with Gasteiger partial charge in [-0.05, 0) is 46.4 Å². The largest absolute Gasteiger partial charge is 0.311 e. The van der Waals surface area contributed by atoms with E-state index in [2.05, 4.69) is 61.4 Å². The van der Waals surface area contributed by atoms with Crippen molar-refractivity contribution in [2.75, 3.05) is 0 Å². The molecule has 1 aromatic carbocycles. The van der Waals surface area contributed by atoms with Gasteiger partial charge >= 0.3 is 0 Å². The number of hydrogen-bond donors (Lipinski definition) is 0. The average molecular weight is 335 g/mol. The Kier molecular flexibility index (Phi) is 2.80. The molecule has 17 heavy (non-hydrogen) atoms. The number of imidazole rings is 1. The maximum absolute atomic E-state index is 4.37. The zero-order chi connectivity index (χ0) is 11.7. The van der Waals surface area contributed by atoms with Crippen LogP contribution < -0.4 is 0 Å². The molecule has 0 amide bonds. The highest BCUT2D eigenvalue weighted by molar-refractivity contribution is 14.1. The highest BCUT2D eigenvalue weighted by atomic mass is 127. The summed E-state index contributed by atoms with van der Waals surface area (Å²) in [6.07, 6.45) is 3.65. The molecule has 84 valence electrons. The molecule has 0 N–H and O–H groups in total. The van der Waals surface area contributed by atoms with E-state index in [0.717, 1.165) is 17.7 Å². The van der Waals surface area contributed by atoms with E-state index in [4.69, 9.17) is 0 Å². The van der Waals surface area contributed by atoms with Crippen molar-refractivity contribution in [3.63, 3.8) is 0 Å². The van der Waals surface area contributed by atoms with Crippen LogP contribution in [0.25, 0.3) is 11.2 Å². The molecule has 3 aromatic rings. The summed E-state index contributed by atoms with van der Waals surface area (Å²) >= 11 is 2.35. The van der Waals surface area contributed by atoms with Crippen molar-refractivity contribution in [3.05, 3.63) is 58.1 Å². The fraction of sp³-hybridized carbons (Fsp3) is 0.0769. The second kappa shape index (κ2) is 4.44. The Morgan fingerprint density at radius 1 is 1.06 bits per heavy atom. The predicted molar refractivity (Wildman–Crippen MR) is 75.8 cm³/mol. The molecule has 0 radical (unpaired) electrons. The summed E-state index contributed by atoms with van der Waals surface area (Å²) in [5.74, 6) is 0. The Morgan fingerprint density at radius 2 is 1.94 bits per heavy atom. The van der Waals surface area contributed by atoms with Crippen molar-refractivity contribution in [3.8, 4) is 0 Å². The number of pyridine rings is 1. The smallest absolute Gasteiger partial charge is 0.160 e. The lowest BCUT2D eigenvalue weighted by Gasteiger charge is -2.05. The quantitative estimate of drug-likeness (QED) is 0.674. The van der Waals surface area contributed by atoms with E-state index < -0.39 is 0 Å². The van der Waals surface area contributed by atoms with Crippen LogP contribution in [-0.4, -0.2) is 14.5 Å². The van der Waals surface area contributed by atoms with Gasteiger partial charge in [0.2, 0.25) is 0 Å². The zero-order valence-electron chi connectivity index (χ0n) is 9.05. The average Bonchev–Trinajstić information content (AvgIpc) is 2.76. The van der Waals surface area contributed by atoms with Crippen molar-refractivity contribution in [2.45, 2.75) is 6.54 Å². The normalized spacial score (nSPS) is 10.9. The number of hydrogen-bond acceptors (Lipinski definition) is 2. The Bertz CT molecular complexity index is 660. The lowest BCUT2D eigenvalue weighted by atomic mass is 10.2. The van der Waals surface area contributed by atoms with Gasteiger partial charge in [0.15, 0.2) is 5.65 Å². The number of fused-ring (bicyclic) bond motifs is 1. The van der Waals surface area contributed by atoms with Crippen LogP contribution in [0.3, 0.4) is 0 Å². The van der Waals surface area contributed by atoms with Crippen LogP contribution in [0.5, 0.6) is 0 Å². The van der Waals surface area contributed by atoms with Crippen molar-refractivity contribution >= 4 is 33.8 Å². The van der Waals surface area contributed by atoms with E-state index >= 15 is 0 Å². The molecule has 0 spiro atoms. The molecule has 2 heterocycles. The molecule has 0 aliphatic heterocycles. The van der Waals surface area contributed by atoms with E-state index in [9.17, 15) is 0 Å². The van der Waals surface area contributed by atoms with Crippen molar-refractivity contribution in [1.82, 2.24) is 14.5 Å². The van der Waals surface area contributed by atoms with E-state index in [1.807, 2.05) is 18.5 Å². The van der Waals surface area contributed by atoms with Crippen LogP contribution in [-0.2, 0) is 6.54 Å². The first-order valence-corrected chi connectivity index (χ1v) is 6.42. The van der Waals surface area contributed by atoms with Crippen LogP contribution in [0.2, 0.25) is 0 Å². The lowest BCUT2D eigenvalue weighted by molar-refractivity contribution is 0.810. The predicted octanol–water partition coefficient (Wildman–Crippen LogP) is 3.08. The molecule has 3 rings (SSSR count). The molecule has 4 heteroatoms. The minimum Gasteiger partial charge on any atom is -0.311 e. The Balaban J connectivity index is 2.03. The number of aromatic nitrogens is 3. The SMILES string of the molecule is Ic1ccccc1Cn1cnc2cccnc21. The second-order valence-corrected chi connectivity index (χ2v) is 4.97. The van der Waals surface area contributed by atoms with Gasteiger partial charge in [0.05, 0.1) is 12.9 Å². The van der Waals surface area contributed by atoms with Crippen molar-refractivity contribution in [1.29, 1.82) is 0 Å². The van der Waals surface area contributed by atoms with Crippen molar-refractivity contribution < 1.29 is 0 Å². The van der Waals surface area contributed by atoms with Crippen LogP contribution in [0.4, 0.5) is 0 Å². The van der Waals surface area contributed by atoms with E-state index in [0.29, 0.717) is 0 Å². The Labute approximate surface area is 113 Å². The van der Waals surface area contributed by atoms with Gasteiger partial charge in [-0.3, -0.25) is 0 Å². The Hall–Kier alpha value is -1.43. The Morgan fingerprint density at radius 3 is 2.82 bits per heavy atom. The fourth-order valence-corrected chi connectivity index (χ4v) is 2.38. The van der Waals surface area contributed by atoms with Gasteiger partial charge in [-0.25, -0.2) is 9.97 Å². The first-order valence-electron chi connectivity index (χ1n) is 5.34. The van der Waals surface area contributed by atoms with Gasteiger partial charge in [-0.1, -0.05) is 18.2 Å². The lowest BCUT2D eigenvalue weighted by Crippen LogP contribution is -2.00. The zero-order valence-corrected chi connectivity index (χ0v) is 11.2.